The van der Waals surface area contributed by atoms with Gasteiger partial charge in [0.2, 0.25) is 0 Å². The zero-order valence-electron chi connectivity index (χ0n) is 4.13. The summed E-state index contributed by atoms with van der Waals surface area (Å²) in [5.41, 5.74) is 0. The summed E-state index contributed by atoms with van der Waals surface area (Å²) < 4.78 is 0. The van der Waals surface area contributed by atoms with E-state index in [0.29, 0.717) is 0 Å². The molecule has 0 rings (SSSR count). The van der Waals surface area contributed by atoms with Crippen LogP contribution >= 0.6 is 0 Å². The van der Waals surface area contributed by atoms with Gasteiger partial charge in [-0.15, -0.1) is 6.42 Å². The highest BCUT2D eigenvalue weighted by atomic mass is 15.1. The molecule has 0 N–H and O–H groups in total. The fourth-order valence-corrected chi connectivity index (χ4v) is 0.143. The van der Waals surface area contributed by atoms with Crippen molar-refractivity contribution >= 4 is 0 Å². The molecule has 0 aliphatic heterocycles. The maximum atomic E-state index is 4.83. The SMILES string of the molecule is C#C/C=C\N=NC. The first-order chi connectivity index (χ1) is 3.41. The van der Waals surface area contributed by atoms with Gasteiger partial charge in [-0.25, -0.2) is 0 Å². The molecule has 0 aliphatic carbocycles. The molecule has 0 spiro atoms. The zero-order chi connectivity index (χ0) is 5.54. The lowest BCUT2D eigenvalue weighted by atomic mass is 10.6. The van der Waals surface area contributed by atoms with Crippen LogP contribution in [0.25, 0.3) is 0 Å². The van der Waals surface area contributed by atoms with Gasteiger partial charge in [0.1, 0.15) is 0 Å². The minimum absolute atomic E-state index is 1.46. The molecule has 0 radical (unpaired) electrons. The van der Waals surface area contributed by atoms with Crippen molar-refractivity contribution in [3.8, 4) is 12.3 Å². The van der Waals surface area contributed by atoms with Crippen molar-refractivity contribution in [1.29, 1.82) is 0 Å². The van der Waals surface area contributed by atoms with Gasteiger partial charge in [-0.05, 0) is 0 Å². The van der Waals surface area contributed by atoms with E-state index < -0.39 is 0 Å². The van der Waals surface area contributed by atoms with Crippen LogP contribution in [0.2, 0.25) is 0 Å². The van der Waals surface area contributed by atoms with Crippen molar-refractivity contribution in [3.05, 3.63) is 12.3 Å². The number of nitrogens with zero attached hydrogens (tertiary/aromatic N) is 2. The predicted molar refractivity (Wildman–Crippen MR) is 28.8 cm³/mol. The minimum Gasteiger partial charge on any atom is -0.193 e. The topological polar surface area (TPSA) is 24.7 Å². The summed E-state index contributed by atoms with van der Waals surface area (Å²) in [5.74, 6) is 2.27. The van der Waals surface area contributed by atoms with Crippen LogP contribution < -0.4 is 0 Å². The van der Waals surface area contributed by atoms with E-state index in [-0.39, 0.29) is 0 Å². The third-order valence-electron chi connectivity index (χ3n) is 0.353. The second-order valence-corrected chi connectivity index (χ2v) is 0.798. The van der Waals surface area contributed by atoms with Gasteiger partial charge in [0.15, 0.2) is 0 Å². The predicted octanol–water partition coefficient (Wildman–Crippen LogP) is 1.22. The van der Waals surface area contributed by atoms with Gasteiger partial charge in [-0.2, -0.15) is 10.2 Å². The van der Waals surface area contributed by atoms with Crippen molar-refractivity contribution in [3.63, 3.8) is 0 Å². The van der Waals surface area contributed by atoms with E-state index in [2.05, 4.69) is 16.1 Å². The van der Waals surface area contributed by atoms with Crippen molar-refractivity contribution in [2.45, 2.75) is 0 Å². The van der Waals surface area contributed by atoms with Gasteiger partial charge in [-0.3, -0.25) is 0 Å². The number of hydrogen-bond acceptors (Lipinski definition) is 2. The third kappa shape index (κ3) is 4.90. The van der Waals surface area contributed by atoms with E-state index in [1.165, 1.54) is 12.3 Å². The van der Waals surface area contributed by atoms with Gasteiger partial charge < -0.3 is 0 Å². The van der Waals surface area contributed by atoms with Gasteiger partial charge in [-0.1, -0.05) is 5.92 Å². The lowest BCUT2D eigenvalue weighted by molar-refractivity contribution is 1.16. The lowest BCUT2D eigenvalue weighted by Gasteiger charge is -1.63. The number of hydrogen-bond donors (Lipinski definition) is 0. The van der Waals surface area contributed by atoms with Crippen LogP contribution in [0.3, 0.4) is 0 Å². The molecule has 2 heteroatoms. The van der Waals surface area contributed by atoms with Crippen molar-refractivity contribution in [2.24, 2.45) is 10.2 Å². The molecule has 0 aromatic rings. The first kappa shape index (κ1) is 5.90. The summed E-state index contributed by atoms with van der Waals surface area (Å²) >= 11 is 0. The van der Waals surface area contributed by atoms with E-state index in [0.717, 1.165) is 0 Å². The lowest BCUT2D eigenvalue weighted by Crippen LogP contribution is -1.45. The van der Waals surface area contributed by atoms with Crippen LogP contribution in [0.15, 0.2) is 22.5 Å². The Labute approximate surface area is 43.0 Å². The Morgan fingerprint density at radius 3 is 2.86 bits per heavy atom. The van der Waals surface area contributed by atoms with E-state index >= 15 is 0 Å². The average Bonchev–Trinajstić information content (AvgIpc) is 1.69. The normalized spacial score (nSPS) is 10.3. The molecule has 0 fully saturated rings. The highest BCUT2D eigenvalue weighted by molar-refractivity contribution is 5.07. The first-order valence-corrected chi connectivity index (χ1v) is 1.82. The molecule has 0 unspecified atom stereocenters. The van der Waals surface area contributed by atoms with Crippen LogP contribution in [0, 0.1) is 12.3 Å². The largest absolute Gasteiger partial charge is 0.193 e. The number of rotatable bonds is 1. The van der Waals surface area contributed by atoms with Crippen LogP contribution in [-0.4, -0.2) is 7.05 Å². The second-order valence-electron chi connectivity index (χ2n) is 0.798. The Hall–Kier alpha value is -1.10. The van der Waals surface area contributed by atoms with E-state index in [9.17, 15) is 0 Å². The third-order valence-corrected chi connectivity index (χ3v) is 0.353. The molecule has 36 valence electrons. The van der Waals surface area contributed by atoms with Crippen LogP contribution in [-0.2, 0) is 0 Å². The molecule has 0 aromatic carbocycles. The molecule has 2 nitrogen and oxygen atoms in total. The van der Waals surface area contributed by atoms with E-state index in [1.807, 2.05) is 0 Å². The number of azo groups is 1. The Morgan fingerprint density at radius 1 is 1.71 bits per heavy atom. The standard InChI is InChI=1S/C5H6N2/c1-3-4-5-7-6-2/h1,4-5H,2H3/b5-4-,7-6?. The fourth-order valence-electron chi connectivity index (χ4n) is 0.143. The molecule has 0 saturated carbocycles. The quantitative estimate of drug-likeness (QED) is 0.344. The zero-order valence-corrected chi connectivity index (χ0v) is 4.13. The Morgan fingerprint density at radius 2 is 2.43 bits per heavy atom. The fraction of sp³-hybridized carbons (Fsp3) is 0.200. The summed E-state index contributed by atoms with van der Waals surface area (Å²) in [5, 5.41) is 6.88. The molecule has 0 atom stereocenters. The van der Waals surface area contributed by atoms with Gasteiger partial charge in [0.05, 0.1) is 6.20 Å². The van der Waals surface area contributed by atoms with Crippen molar-refractivity contribution in [2.75, 3.05) is 7.05 Å². The summed E-state index contributed by atoms with van der Waals surface area (Å²) in [6, 6.07) is 0. The summed E-state index contributed by atoms with van der Waals surface area (Å²) in [6.07, 6.45) is 7.77. The Balaban J connectivity index is 3.33. The van der Waals surface area contributed by atoms with E-state index in [4.69, 9.17) is 6.42 Å². The molecule has 0 saturated heterocycles. The monoisotopic (exact) mass is 94.1 g/mol. The van der Waals surface area contributed by atoms with E-state index in [1.54, 1.807) is 7.05 Å². The smallest absolute Gasteiger partial charge is 0.0574 e. The Bertz CT molecular complexity index is 117. The maximum absolute atomic E-state index is 4.83. The molecule has 0 bridgehead atoms. The number of allylic oxidation sites excluding steroid dienone is 1. The average molecular weight is 94.1 g/mol. The van der Waals surface area contributed by atoms with Gasteiger partial charge in [0.25, 0.3) is 0 Å². The molecule has 7 heavy (non-hydrogen) atoms. The Kier molecular flexibility index (Phi) is 4.13. The molecule has 0 aromatic heterocycles. The molecule has 0 aliphatic rings. The number of terminal acetylenes is 1. The van der Waals surface area contributed by atoms with Crippen LogP contribution in [0.4, 0.5) is 0 Å². The first-order valence-electron chi connectivity index (χ1n) is 1.82. The highest BCUT2D eigenvalue weighted by Gasteiger charge is 1.52. The maximum Gasteiger partial charge on any atom is 0.0574 e. The van der Waals surface area contributed by atoms with Crippen LogP contribution in [0.1, 0.15) is 0 Å². The van der Waals surface area contributed by atoms with Gasteiger partial charge >= 0.3 is 0 Å². The van der Waals surface area contributed by atoms with Crippen LogP contribution in [0.5, 0.6) is 0 Å². The molecule has 0 heterocycles. The van der Waals surface area contributed by atoms with Crippen molar-refractivity contribution in [1.82, 2.24) is 0 Å². The molecule has 0 amide bonds. The molecular formula is C5H6N2. The van der Waals surface area contributed by atoms with Gasteiger partial charge in [0, 0.05) is 13.1 Å². The minimum atomic E-state index is 1.46. The second kappa shape index (κ2) is 4.90. The molecular weight excluding hydrogens is 88.1 g/mol. The highest BCUT2D eigenvalue weighted by Crippen LogP contribution is 1.71. The summed E-state index contributed by atoms with van der Waals surface area (Å²) in [6.45, 7) is 0. The summed E-state index contributed by atoms with van der Waals surface area (Å²) in [7, 11) is 1.58. The summed E-state index contributed by atoms with van der Waals surface area (Å²) in [4.78, 5) is 0. The van der Waals surface area contributed by atoms with Crippen molar-refractivity contribution < 1.29 is 0 Å².